The summed E-state index contributed by atoms with van der Waals surface area (Å²) in [6.45, 7) is 8.11. The third-order valence-corrected chi connectivity index (χ3v) is 3.02. The summed E-state index contributed by atoms with van der Waals surface area (Å²) >= 11 is 0. The summed E-state index contributed by atoms with van der Waals surface area (Å²) in [5.74, 6) is -1.90. The van der Waals surface area contributed by atoms with Crippen molar-refractivity contribution in [3.63, 3.8) is 0 Å². The number of alkyl halides is 3. The van der Waals surface area contributed by atoms with Crippen LogP contribution in [0, 0.1) is 5.41 Å². The minimum atomic E-state index is -4.65. The standard InChI is InChI=1S/C13H21F3O4/c1-7-11(3,4)9(17)20-12(5,6)10(18)19-8(2)13(14,15)16/h8H,7H2,1-6H3. The number of rotatable bonds is 5. The van der Waals surface area contributed by atoms with Crippen molar-refractivity contribution in [2.24, 2.45) is 5.41 Å². The minimum absolute atomic E-state index is 0.468. The van der Waals surface area contributed by atoms with Crippen LogP contribution in [0.1, 0.15) is 48.0 Å². The number of halogens is 3. The lowest BCUT2D eigenvalue weighted by Crippen LogP contribution is -2.45. The molecule has 1 unspecified atom stereocenters. The highest BCUT2D eigenvalue weighted by Crippen LogP contribution is 2.27. The Morgan fingerprint density at radius 1 is 1.05 bits per heavy atom. The van der Waals surface area contributed by atoms with Crippen LogP contribution in [0.25, 0.3) is 0 Å². The second kappa shape index (κ2) is 6.01. The van der Waals surface area contributed by atoms with E-state index in [4.69, 9.17) is 4.74 Å². The van der Waals surface area contributed by atoms with Gasteiger partial charge in [-0.15, -0.1) is 0 Å². The number of hydrogen-bond donors (Lipinski definition) is 0. The number of esters is 2. The van der Waals surface area contributed by atoms with Crippen LogP contribution in [0.3, 0.4) is 0 Å². The van der Waals surface area contributed by atoms with Crippen molar-refractivity contribution in [2.45, 2.75) is 65.8 Å². The highest BCUT2D eigenvalue weighted by atomic mass is 19.4. The van der Waals surface area contributed by atoms with Gasteiger partial charge in [-0.25, -0.2) is 4.79 Å². The molecule has 0 fully saturated rings. The lowest BCUT2D eigenvalue weighted by molar-refractivity contribution is -0.227. The molecule has 0 aliphatic carbocycles. The van der Waals surface area contributed by atoms with Crippen LogP contribution in [0.5, 0.6) is 0 Å². The zero-order valence-electron chi connectivity index (χ0n) is 12.6. The van der Waals surface area contributed by atoms with Crippen molar-refractivity contribution in [1.82, 2.24) is 0 Å². The summed E-state index contributed by atoms with van der Waals surface area (Å²) in [5, 5.41) is 0. The molecule has 0 N–H and O–H groups in total. The highest BCUT2D eigenvalue weighted by molar-refractivity contribution is 5.84. The van der Waals surface area contributed by atoms with Crippen molar-refractivity contribution in [1.29, 1.82) is 0 Å². The predicted octanol–water partition coefficient (Wildman–Crippen LogP) is 3.24. The largest absolute Gasteiger partial charge is 0.450 e. The van der Waals surface area contributed by atoms with E-state index in [0.717, 1.165) is 0 Å². The lowest BCUT2D eigenvalue weighted by atomic mass is 9.90. The number of ether oxygens (including phenoxy) is 2. The average Bonchev–Trinajstić information content (AvgIpc) is 2.26. The smallest absolute Gasteiger partial charge is 0.425 e. The van der Waals surface area contributed by atoms with E-state index < -0.39 is 35.2 Å². The Bertz CT molecular complexity index is 372. The molecule has 7 heteroatoms. The summed E-state index contributed by atoms with van der Waals surface area (Å²) in [6, 6.07) is 0. The van der Waals surface area contributed by atoms with Gasteiger partial charge in [-0.3, -0.25) is 4.79 Å². The van der Waals surface area contributed by atoms with Crippen molar-refractivity contribution in [3.8, 4) is 0 Å². The minimum Gasteiger partial charge on any atom is -0.450 e. The van der Waals surface area contributed by atoms with Crippen LogP contribution in [-0.2, 0) is 19.1 Å². The van der Waals surface area contributed by atoms with Crippen LogP contribution in [0.15, 0.2) is 0 Å². The molecular weight excluding hydrogens is 277 g/mol. The average molecular weight is 298 g/mol. The predicted molar refractivity (Wildman–Crippen MR) is 65.9 cm³/mol. The molecule has 0 rings (SSSR count). The third-order valence-electron chi connectivity index (χ3n) is 3.02. The fraction of sp³-hybridized carbons (Fsp3) is 0.846. The van der Waals surface area contributed by atoms with E-state index in [1.54, 1.807) is 20.8 Å². The van der Waals surface area contributed by atoms with Gasteiger partial charge in [0, 0.05) is 0 Å². The fourth-order valence-corrected chi connectivity index (χ4v) is 0.925. The first-order valence-electron chi connectivity index (χ1n) is 6.25. The molecule has 0 amide bonds. The Labute approximate surface area is 116 Å². The maximum atomic E-state index is 12.3. The molecule has 0 saturated carbocycles. The van der Waals surface area contributed by atoms with Crippen LogP contribution in [-0.4, -0.2) is 29.8 Å². The van der Waals surface area contributed by atoms with E-state index in [2.05, 4.69) is 4.74 Å². The van der Waals surface area contributed by atoms with Gasteiger partial charge in [0.25, 0.3) is 0 Å². The highest BCUT2D eigenvalue weighted by Gasteiger charge is 2.44. The molecule has 1 atom stereocenters. The molecule has 0 radical (unpaired) electrons. The number of hydrogen-bond acceptors (Lipinski definition) is 4. The molecule has 0 aromatic carbocycles. The first-order valence-corrected chi connectivity index (χ1v) is 6.25. The SMILES string of the molecule is CCC(C)(C)C(=O)OC(C)(C)C(=O)OC(C)C(F)(F)F. The monoisotopic (exact) mass is 298 g/mol. The summed E-state index contributed by atoms with van der Waals surface area (Å²) in [7, 11) is 0. The van der Waals surface area contributed by atoms with Gasteiger partial charge in [0.05, 0.1) is 5.41 Å². The van der Waals surface area contributed by atoms with E-state index in [9.17, 15) is 22.8 Å². The van der Waals surface area contributed by atoms with Gasteiger partial charge in [0.1, 0.15) is 0 Å². The molecule has 0 spiro atoms. The van der Waals surface area contributed by atoms with E-state index in [-0.39, 0.29) is 0 Å². The van der Waals surface area contributed by atoms with Gasteiger partial charge in [-0.1, -0.05) is 6.92 Å². The maximum absolute atomic E-state index is 12.3. The molecule has 0 heterocycles. The van der Waals surface area contributed by atoms with Gasteiger partial charge in [0.2, 0.25) is 5.60 Å². The summed E-state index contributed by atoms with van der Waals surface area (Å²) < 4.78 is 46.2. The van der Waals surface area contributed by atoms with Crippen LogP contribution in [0.2, 0.25) is 0 Å². The molecule has 0 aliphatic heterocycles. The molecule has 0 saturated heterocycles. The van der Waals surface area contributed by atoms with E-state index >= 15 is 0 Å². The van der Waals surface area contributed by atoms with E-state index in [1.807, 2.05) is 0 Å². The van der Waals surface area contributed by atoms with E-state index in [1.165, 1.54) is 13.8 Å². The van der Waals surface area contributed by atoms with E-state index in [0.29, 0.717) is 13.3 Å². The Morgan fingerprint density at radius 3 is 1.85 bits per heavy atom. The topological polar surface area (TPSA) is 52.6 Å². The van der Waals surface area contributed by atoms with Gasteiger partial charge >= 0.3 is 18.1 Å². The Kier molecular flexibility index (Phi) is 5.63. The third kappa shape index (κ3) is 5.02. The lowest BCUT2D eigenvalue weighted by Gasteiger charge is -2.29. The molecule has 0 aromatic rings. The zero-order valence-corrected chi connectivity index (χ0v) is 12.6. The molecular formula is C13H21F3O4. The normalized spacial score (nSPS) is 14.7. The van der Waals surface area contributed by atoms with Crippen molar-refractivity contribution >= 4 is 11.9 Å². The van der Waals surface area contributed by atoms with Crippen molar-refractivity contribution in [3.05, 3.63) is 0 Å². The molecule has 0 aromatic heterocycles. The number of carbonyl (C=O) groups is 2. The quantitative estimate of drug-likeness (QED) is 0.731. The second-order valence-electron chi connectivity index (χ2n) is 5.73. The summed E-state index contributed by atoms with van der Waals surface area (Å²) in [4.78, 5) is 23.5. The first kappa shape index (κ1) is 18.7. The Balaban J connectivity index is 4.81. The van der Waals surface area contributed by atoms with Crippen molar-refractivity contribution < 1.29 is 32.2 Å². The summed E-state index contributed by atoms with van der Waals surface area (Å²) in [6.07, 6.45) is -6.44. The van der Waals surface area contributed by atoms with Gasteiger partial charge < -0.3 is 9.47 Å². The molecule has 0 bridgehead atoms. The first-order chi connectivity index (χ1) is 8.74. The van der Waals surface area contributed by atoms with Crippen LogP contribution >= 0.6 is 0 Å². The molecule has 0 aliphatic rings. The van der Waals surface area contributed by atoms with Gasteiger partial charge in [-0.2, -0.15) is 13.2 Å². The Morgan fingerprint density at radius 2 is 1.50 bits per heavy atom. The van der Waals surface area contributed by atoms with Gasteiger partial charge in [-0.05, 0) is 41.0 Å². The molecule has 4 nitrogen and oxygen atoms in total. The van der Waals surface area contributed by atoms with Crippen LogP contribution in [0.4, 0.5) is 13.2 Å². The maximum Gasteiger partial charge on any atom is 0.425 e. The molecule has 20 heavy (non-hydrogen) atoms. The zero-order chi connectivity index (χ0) is 16.4. The summed E-state index contributed by atoms with van der Waals surface area (Å²) in [5.41, 5.74) is -2.60. The van der Waals surface area contributed by atoms with Crippen LogP contribution < -0.4 is 0 Å². The van der Waals surface area contributed by atoms with Crippen molar-refractivity contribution in [2.75, 3.05) is 0 Å². The van der Waals surface area contributed by atoms with Gasteiger partial charge in [0.15, 0.2) is 6.10 Å². The Hall–Kier alpha value is -1.27. The molecule has 118 valence electrons. The fourth-order valence-electron chi connectivity index (χ4n) is 0.925. The number of carbonyl (C=O) groups excluding carboxylic acids is 2. The second-order valence-corrected chi connectivity index (χ2v) is 5.73.